The van der Waals surface area contributed by atoms with Gasteiger partial charge >= 0.3 is 6.61 Å². The third-order valence-electron chi connectivity index (χ3n) is 3.71. The Hall–Kier alpha value is -0.910. The van der Waals surface area contributed by atoms with E-state index in [1.165, 1.54) is 6.07 Å². The molecule has 2 unspecified atom stereocenters. The van der Waals surface area contributed by atoms with Gasteiger partial charge in [0.15, 0.2) is 0 Å². The molecular formula is C15H20ClF2NO2. The van der Waals surface area contributed by atoms with Gasteiger partial charge in [-0.1, -0.05) is 18.5 Å². The van der Waals surface area contributed by atoms with E-state index >= 15 is 0 Å². The molecule has 0 aliphatic carbocycles. The SMILES string of the molecule is CCC1OCCC1CNCc1cc(Cl)ccc1OC(F)F. The normalized spacial score (nSPS) is 22.0. The number of ether oxygens (including phenoxy) is 2. The van der Waals surface area contributed by atoms with Crippen molar-refractivity contribution < 1.29 is 18.3 Å². The van der Waals surface area contributed by atoms with Gasteiger partial charge in [0.25, 0.3) is 0 Å². The van der Waals surface area contributed by atoms with Crippen LogP contribution in [0.15, 0.2) is 18.2 Å². The van der Waals surface area contributed by atoms with Crippen molar-refractivity contribution >= 4 is 11.6 Å². The summed E-state index contributed by atoms with van der Waals surface area (Å²) in [5, 5.41) is 3.79. The van der Waals surface area contributed by atoms with E-state index in [0.717, 1.165) is 26.0 Å². The lowest BCUT2D eigenvalue weighted by molar-refractivity contribution is -0.0505. The maximum absolute atomic E-state index is 12.4. The molecule has 6 heteroatoms. The van der Waals surface area contributed by atoms with Crippen LogP contribution >= 0.6 is 11.6 Å². The molecule has 1 aliphatic rings. The molecule has 0 amide bonds. The molecule has 0 saturated carbocycles. The van der Waals surface area contributed by atoms with Gasteiger partial charge in [-0.15, -0.1) is 0 Å². The zero-order valence-electron chi connectivity index (χ0n) is 12.0. The Kier molecular flexibility index (Phi) is 6.21. The van der Waals surface area contributed by atoms with Crippen LogP contribution in [0, 0.1) is 5.92 Å². The standard InChI is InChI=1S/C15H20ClF2NO2/c1-2-13-10(5-6-20-13)8-19-9-11-7-12(16)3-4-14(11)21-15(17)18/h3-4,7,10,13,15,19H,2,5-6,8-9H2,1H3. The minimum absolute atomic E-state index is 0.164. The van der Waals surface area contributed by atoms with Gasteiger partial charge in [0.2, 0.25) is 0 Å². The molecule has 0 spiro atoms. The zero-order chi connectivity index (χ0) is 15.2. The molecule has 3 nitrogen and oxygen atoms in total. The van der Waals surface area contributed by atoms with Crippen LogP contribution in [-0.4, -0.2) is 25.9 Å². The fourth-order valence-electron chi connectivity index (χ4n) is 2.67. The third-order valence-corrected chi connectivity index (χ3v) is 3.94. The average Bonchev–Trinajstić information content (AvgIpc) is 2.89. The van der Waals surface area contributed by atoms with Crippen molar-refractivity contribution in [3.05, 3.63) is 28.8 Å². The van der Waals surface area contributed by atoms with E-state index in [1.807, 2.05) is 0 Å². The van der Waals surface area contributed by atoms with Crippen LogP contribution in [0.25, 0.3) is 0 Å². The molecule has 0 bridgehead atoms. The predicted octanol–water partition coefficient (Wildman–Crippen LogP) is 3.85. The van der Waals surface area contributed by atoms with E-state index in [1.54, 1.807) is 12.1 Å². The summed E-state index contributed by atoms with van der Waals surface area (Å²) in [5.41, 5.74) is 0.634. The number of nitrogens with one attached hydrogen (secondary N) is 1. The lowest BCUT2D eigenvalue weighted by Gasteiger charge is -2.18. The molecule has 1 heterocycles. The van der Waals surface area contributed by atoms with Crippen molar-refractivity contribution in [2.45, 2.75) is 39.0 Å². The molecule has 118 valence electrons. The lowest BCUT2D eigenvalue weighted by atomic mass is 9.99. The average molecular weight is 320 g/mol. The number of hydrogen-bond donors (Lipinski definition) is 1. The Labute approximate surface area is 128 Å². The van der Waals surface area contributed by atoms with Gasteiger partial charge in [-0.2, -0.15) is 8.78 Å². The highest BCUT2D eigenvalue weighted by atomic mass is 35.5. The molecule has 0 radical (unpaired) electrons. The molecule has 1 saturated heterocycles. The molecule has 2 rings (SSSR count). The molecule has 1 aromatic carbocycles. The van der Waals surface area contributed by atoms with Crippen LogP contribution in [0.4, 0.5) is 8.78 Å². The summed E-state index contributed by atoms with van der Waals surface area (Å²) in [7, 11) is 0. The first kappa shape index (κ1) is 16.5. The van der Waals surface area contributed by atoms with Crippen LogP contribution in [0.3, 0.4) is 0 Å². The second-order valence-electron chi connectivity index (χ2n) is 5.13. The largest absolute Gasteiger partial charge is 0.434 e. The molecule has 1 N–H and O–H groups in total. The number of hydrogen-bond acceptors (Lipinski definition) is 3. The van der Waals surface area contributed by atoms with E-state index in [9.17, 15) is 8.78 Å². The summed E-state index contributed by atoms with van der Waals surface area (Å²) in [6, 6.07) is 4.66. The topological polar surface area (TPSA) is 30.5 Å². The number of rotatable bonds is 7. The Morgan fingerprint density at radius 3 is 3.00 bits per heavy atom. The highest BCUT2D eigenvalue weighted by Gasteiger charge is 2.26. The Bertz CT molecular complexity index is 459. The third kappa shape index (κ3) is 4.80. The van der Waals surface area contributed by atoms with Crippen molar-refractivity contribution in [1.29, 1.82) is 0 Å². The number of halogens is 3. The van der Waals surface area contributed by atoms with Crippen molar-refractivity contribution in [1.82, 2.24) is 5.32 Å². The fraction of sp³-hybridized carbons (Fsp3) is 0.600. The second-order valence-corrected chi connectivity index (χ2v) is 5.56. The first-order valence-electron chi connectivity index (χ1n) is 7.15. The summed E-state index contributed by atoms with van der Waals surface area (Å²) in [5.74, 6) is 0.630. The fourth-order valence-corrected chi connectivity index (χ4v) is 2.86. The first-order valence-corrected chi connectivity index (χ1v) is 7.53. The van der Waals surface area contributed by atoms with Crippen LogP contribution in [0.5, 0.6) is 5.75 Å². The van der Waals surface area contributed by atoms with Crippen LogP contribution in [-0.2, 0) is 11.3 Å². The van der Waals surface area contributed by atoms with Crippen LogP contribution < -0.4 is 10.1 Å². The van der Waals surface area contributed by atoms with Crippen LogP contribution in [0.1, 0.15) is 25.3 Å². The molecular weight excluding hydrogens is 300 g/mol. The van der Waals surface area contributed by atoms with Gasteiger partial charge in [0, 0.05) is 30.3 Å². The van der Waals surface area contributed by atoms with Gasteiger partial charge < -0.3 is 14.8 Å². The second kappa shape index (κ2) is 7.92. The van der Waals surface area contributed by atoms with Gasteiger partial charge in [0.1, 0.15) is 5.75 Å². The monoisotopic (exact) mass is 319 g/mol. The maximum Gasteiger partial charge on any atom is 0.387 e. The maximum atomic E-state index is 12.4. The summed E-state index contributed by atoms with van der Waals surface area (Å²) in [6.45, 7) is 1.29. The van der Waals surface area contributed by atoms with Crippen molar-refractivity contribution in [3.8, 4) is 5.75 Å². The highest BCUT2D eigenvalue weighted by molar-refractivity contribution is 6.30. The predicted molar refractivity (Wildman–Crippen MR) is 77.9 cm³/mol. The Morgan fingerprint density at radius 2 is 2.29 bits per heavy atom. The first-order chi connectivity index (χ1) is 10.1. The molecule has 1 fully saturated rings. The Balaban J connectivity index is 1.91. The van der Waals surface area contributed by atoms with Crippen LogP contribution in [0.2, 0.25) is 5.02 Å². The summed E-state index contributed by atoms with van der Waals surface area (Å²) in [6.07, 6.45) is 2.30. The summed E-state index contributed by atoms with van der Waals surface area (Å²) < 4.78 is 34.9. The van der Waals surface area contributed by atoms with Gasteiger partial charge in [-0.3, -0.25) is 0 Å². The Morgan fingerprint density at radius 1 is 1.48 bits per heavy atom. The number of benzene rings is 1. The van der Waals surface area contributed by atoms with Crippen molar-refractivity contribution in [2.24, 2.45) is 5.92 Å². The summed E-state index contributed by atoms with van der Waals surface area (Å²) in [4.78, 5) is 0. The molecule has 21 heavy (non-hydrogen) atoms. The summed E-state index contributed by atoms with van der Waals surface area (Å²) >= 11 is 5.91. The van der Waals surface area contributed by atoms with Gasteiger partial charge in [-0.25, -0.2) is 0 Å². The minimum Gasteiger partial charge on any atom is -0.434 e. The van der Waals surface area contributed by atoms with Crippen molar-refractivity contribution in [2.75, 3.05) is 13.2 Å². The van der Waals surface area contributed by atoms with E-state index in [4.69, 9.17) is 16.3 Å². The van der Waals surface area contributed by atoms with Gasteiger partial charge in [0.05, 0.1) is 6.10 Å². The van der Waals surface area contributed by atoms with Gasteiger partial charge in [-0.05, 0) is 37.0 Å². The zero-order valence-corrected chi connectivity index (χ0v) is 12.7. The molecule has 1 aliphatic heterocycles. The smallest absolute Gasteiger partial charge is 0.387 e. The number of alkyl halides is 2. The quantitative estimate of drug-likeness (QED) is 0.828. The van der Waals surface area contributed by atoms with Crippen molar-refractivity contribution in [3.63, 3.8) is 0 Å². The highest BCUT2D eigenvalue weighted by Crippen LogP contribution is 2.26. The van der Waals surface area contributed by atoms with E-state index in [0.29, 0.717) is 23.0 Å². The van der Waals surface area contributed by atoms with E-state index < -0.39 is 6.61 Å². The molecule has 2 atom stereocenters. The molecule has 0 aromatic heterocycles. The van der Waals surface area contributed by atoms with E-state index in [2.05, 4.69) is 17.0 Å². The lowest BCUT2D eigenvalue weighted by Crippen LogP contribution is -2.28. The minimum atomic E-state index is -2.84. The van der Waals surface area contributed by atoms with E-state index in [-0.39, 0.29) is 11.9 Å². The molecule has 1 aromatic rings.